The first-order valence-corrected chi connectivity index (χ1v) is 10.5. The molecule has 1 atom stereocenters. The molecule has 2 aromatic carbocycles. The van der Waals surface area contributed by atoms with Crippen molar-refractivity contribution in [3.05, 3.63) is 76.0 Å². The molecule has 144 valence electrons. The summed E-state index contributed by atoms with van der Waals surface area (Å²) < 4.78 is 11.5. The van der Waals surface area contributed by atoms with Crippen LogP contribution in [0.2, 0.25) is 0 Å². The SMILES string of the molecule is CCc1cc(Nc2cccc(CS(C)=O)c2)nc(-c2ccc([N+](=O)[O-])cc2)n1. The van der Waals surface area contributed by atoms with Gasteiger partial charge in [0, 0.05) is 58.0 Å². The largest absolute Gasteiger partial charge is 0.340 e. The first kappa shape index (κ1) is 19.6. The van der Waals surface area contributed by atoms with E-state index in [4.69, 9.17) is 0 Å². The molecule has 1 N–H and O–H groups in total. The fourth-order valence-corrected chi connectivity index (χ4v) is 3.37. The van der Waals surface area contributed by atoms with Crippen molar-refractivity contribution in [2.45, 2.75) is 19.1 Å². The molecule has 28 heavy (non-hydrogen) atoms. The molecule has 8 heteroatoms. The second-order valence-electron chi connectivity index (χ2n) is 6.27. The highest BCUT2D eigenvalue weighted by molar-refractivity contribution is 7.83. The molecule has 0 fully saturated rings. The number of benzene rings is 2. The highest BCUT2D eigenvalue weighted by Crippen LogP contribution is 2.23. The molecular formula is C20H20N4O3S. The number of rotatable bonds is 7. The Bertz CT molecular complexity index is 1020. The van der Waals surface area contributed by atoms with E-state index < -0.39 is 15.7 Å². The van der Waals surface area contributed by atoms with Crippen LogP contribution in [-0.2, 0) is 23.0 Å². The van der Waals surface area contributed by atoms with Crippen molar-refractivity contribution in [1.29, 1.82) is 0 Å². The number of hydrogen-bond acceptors (Lipinski definition) is 6. The third kappa shape index (κ3) is 4.98. The Morgan fingerprint density at radius 1 is 1.11 bits per heavy atom. The monoisotopic (exact) mass is 396 g/mol. The molecule has 7 nitrogen and oxygen atoms in total. The first-order valence-electron chi connectivity index (χ1n) is 8.73. The summed E-state index contributed by atoms with van der Waals surface area (Å²) in [6.45, 7) is 2.00. The lowest BCUT2D eigenvalue weighted by atomic mass is 10.2. The van der Waals surface area contributed by atoms with Crippen molar-refractivity contribution in [2.24, 2.45) is 0 Å². The van der Waals surface area contributed by atoms with Gasteiger partial charge in [-0.2, -0.15) is 0 Å². The summed E-state index contributed by atoms with van der Waals surface area (Å²) >= 11 is 0. The molecular weight excluding hydrogens is 376 g/mol. The summed E-state index contributed by atoms with van der Waals surface area (Å²) in [5.41, 5.74) is 3.42. The zero-order valence-corrected chi connectivity index (χ0v) is 16.4. The van der Waals surface area contributed by atoms with Crippen LogP contribution in [0.1, 0.15) is 18.2 Å². The maximum atomic E-state index is 11.5. The van der Waals surface area contributed by atoms with Crippen LogP contribution in [0.25, 0.3) is 11.4 Å². The van der Waals surface area contributed by atoms with E-state index in [0.717, 1.165) is 23.4 Å². The molecule has 0 aliphatic heterocycles. The van der Waals surface area contributed by atoms with E-state index >= 15 is 0 Å². The number of aryl methyl sites for hydroxylation is 1. The zero-order chi connectivity index (χ0) is 20.1. The summed E-state index contributed by atoms with van der Waals surface area (Å²) in [5, 5.41) is 14.1. The first-order chi connectivity index (χ1) is 13.4. The Balaban J connectivity index is 1.91. The number of non-ortho nitro benzene ring substituents is 1. The lowest BCUT2D eigenvalue weighted by Crippen LogP contribution is -2.01. The van der Waals surface area contributed by atoms with Gasteiger partial charge < -0.3 is 5.32 Å². The summed E-state index contributed by atoms with van der Waals surface area (Å²) in [7, 11) is -0.912. The normalized spacial score (nSPS) is 11.8. The summed E-state index contributed by atoms with van der Waals surface area (Å²) in [6, 6.07) is 15.8. The van der Waals surface area contributed by atoms with Crippen LogP contribution < -0.4 is 5.32 Å². The number of nitro groups is 1. The number of nitrogens with one attached hydrogen (secondary N) is 1. The van der Waals surface area contributed by atoms with E-state index in [1.54, 1.807) is 18.4 Å². The molecule has 0 saturated carbocycles. The van der Waals surface area contributed by atoms with Crippen molar-refractivity contribution in [3.63, 3.8) is 0 Å². The second-order valence-corrected chi connectivity index (χ2v) is 7.70. The van der Waals surface area contributed by atoms with Crippen LogP contribution >= 0.6 is 0 Å². The van der Waals surface area contributed by atoms with Crippen LogP contribution in [0.15, 0.2) is 54.6 Å². The molecule has 0 aliphatic rings. The Kier molecular flexibility index (Phi) is 6.10. The van der Waals surface area contributed by atoms with Crippen LogP contribution in [0.3, 0.4) is 0 Å². The van der Waals surface area contributed by atoms with E-state index in [1.165, 1.54) is 12.1 Å². The molecule has 1 heterocycles. The number of nitrogens with zero attached hydrogens (tertiary/aromatic N) is 3. The summed E-state index contributed by atoms with van der Waals surface area (Å²) in [4.78, 5) is 19.5. The van der Waals surface area contributed by atoms with Gasteiger partial charge in [-0.25, -0.2) is 9.97 Å². The van der Waals surface area contributed by atoms with Gasteiger partial charge in [0.15, 0.2) is 5.82 Å². The van der Waals surface area contributed by atoms with Crippen LogP contribution in [-0.4, -0.2) is 25.4 Å². The van der Waals surface area contributed by atoms with Crippen molar-refractivity contribution in [1.82, 2.24) is 9.97 Å². The van der Waals surface area contributed by atoms with Gasteiger partial charge in [-0.3, -0.25) is 14.3 Å². The maximum absolute atomic E-state index is 11.5. The van der Waals surface area contributed by atoms with Crippen molar-refractivity contribution < 1.29 is 9.13 Å². The number of hydrogen-bond donors (Lipinski definition) is 1. The minimum atomic E-state index is -0.912. The smallest absolute Gasteiger partial charge is 0.269 e. The molecule has 1 unspecified atom stereocenters. The third-order valence-electron chi connectivity index (χ3n) is 4.05. The predicted molar refractivity (Wildman–Crippen MR) is 111 cm³/mol. The van der Waals surface area contributed by atoms with Gasteiger partial charge in [0.2, 0.25) is 0 Å². The fraction of sp³-hybridized carbons (Fsp3) is 0.200. The van der Waals surface area contributed by atoms with Gasteiger partial charge >= 0.3 is 0 Å². The second kappa shape index (κ2) is 8.71. The Morgan fingerprint density at radius 2 is 1.86 bits per heavy atom. The summed E-state index contributed by atoms with van der Waals surface area (Å²) in [5.74, 6) is 1.63. The maximum Gasteiger partial charge on any atom is 0.269 e. The Hall–Kier alpha value is -3.13. The molecule has 0 saturated heterocycles. The Morgan fingerprint density at radius 3 is 2.50 bits per heavy atom. The molecule has 1 aromatic heterocycles. The number of nitro benzene ring substituents is 1. The van der Waals surface area contributed by atoms with E-state index in [2.05, 4.69) is 15.3 Å². The summed E-state index contributed by atoms with van der Waals surface area (Å²) in [6.07, 6.45) is 2.40. The fourth-order valence-electron chi connectivity index (χ4n) is 2.73. The van der Waals surface area contributed by atoms with E-state index in [1.807, 2.05) is 37.3 Å². The average molecular weight is 396 g/mol. The topological polar surface area (TPSA) is 98.0 Å². The van der Waals surface area contributed by atoms with Crippen LogP contribution in [0.5, 0.6) is 0 Å². The van der Waals surface area contributed by atoms with Gasteiger partial charge in [-0.05, 0) is 36.2 Å². The standard InChI is InChI=1S/C20H20N4O3S/c1-3-16-12-19(21-17-6-4-5-14(11-17)13-28(2)27)23-20(22-16)15-7-9-18(10-8-15)24(25)26/h4-12H,3,13H2,1-2H3,(H,21,22,23). The predicted octanol–water partition coefficient (Wildman–Crippen LogP) is 4.24. The number of anilines is 2. The molecule has 3 rings (SSSR count). The van der Waals surface area contributed by atoms with Crippen molar-refractivity contribution >= 4 is 28.0 Å². The lowest BCUT2D eigenvalue weighted by Gasteiger charge is -2.11. The quantitative estimate of drug-likeness (QED) is 0.474. The van der Waals surface area contributed by atoms with Crippen LogP contribution in [0.4, 0.5) is 17.2 Å². The highest BCUT2D eigenvalue weighted by atomic mass is 32.2. The number of aromatic nitrogens is 2. The van der Waals surface area contributed by atoms with E-state index in [9.17, 15) is 14.3 Å². The van der Waals surface area contributed by atoms with Gasteiger partial charge in [0.1, 0.15) is 5.82 Å². The minimum absolute atomic E-state index is 0.0267. The molecule has 0 aliphatic carbocycles. The molecule has 0 amide bonds. The van der Waals surface area contributed by atoms with Crippen molar-refractivity contribution in [3.8, 4) is 11.4 Å². The molecule has 0 bridgehead atoms. The van der Waals surface area contributed by atoms with Gasteiger partial charge in [0.25, 0.3) is 5.69 Å². The average Bonchev–Trinajstić information content (AvgIpc) is 2.67. The Labute approximate surface area is 165 Å². The lowest BCUT2D eigenvalue weighted by molar-refractivity contribution is -0.384. The minimum Gasteiger partial charge on any atom is -0.340 e. The highest BCUT2D eigenvalue weighted by Gasteiger charge is 2.10. The van der Waals surface area contributed by atoms with Crippen molar-refractivity contribution in [2.75, 3.05) is 11.6 Å². The third-order valence-corrected chi connectivity index (χ3v) is 4.79. The molecule has 0 radical (unpaired) electrons. The molecule has 0 spiro atoms. The van der Waals surface area contributed by atoms with Gasteiger partial charge in [-0.1, -0.05) is 19.1 Å². The van der Waals surface area contributed by atoms with Crippen LogP contribution in [0, 0.1) is 10.1 Å². The molecule has 3 aromatic rings. The van der Waals surface area contributed by atoms with Gasteiger partial charge in [-0.15, -0.1) is 0 Å². The van der Waals surface area contributed by atoms with Gasteiger partial charge in [0.05, 0.1) is 4.92 Å². The van der Waals surface area contributed by atoms with E-state index in [-0.39, 0.29) is 5.69 Å². The van der Waals surface area contributed by atoms with E-state index in [0.29, 0.717) is 23.0 Å². The zero-order valence-electron chi connectivity index (χ0n) is 15.6.